The summed E-state index contributed by atoms with van der Waals surface area (Å²) in [5.41, 5.74) is 0.338. The van der Waals surface area contributed by atoms with Crippen molar-refractivity contribution < 1.29 is 19.8 Å². The second kappa shape index (κ2) is 10.4. The van der Waals surface area contributed by atoms with E-state index in [1.807, 2.05) is 32.9 Å². The number of carboxylic acid groups (broad SMARTS) is 1. The van der Waals surface area contributed by atoms with E-state index in [9.17, 15) is 19.8 Å². The second-order valence-electron chi connectivity index (χ2n) is 9.80. The Kier molecular flexibility index (Phi) is 8.48. The number of rotatable bonds is 10. The molecule has 0 aromatic heterocycles. The number of hydrogen-bond donors (Lipinski definition) is 2. The lowest BCUT2D eigenvalue weighted by molar-refractivity contribution is -0.134. The summed E-state index contributed by atoms with van der Waals surface area (Å²) in [6.07, 6.45) is 7.02. The predicted octanol–water partition coefficient (Wildman–Crippen LogP) is 5.23. The van der Waals surface area contributed by atoms with Gasteiger partial charge in [0.1, 0.15) is 5.54 Å². The van der Waals surface area contributed by atoms with E-state index < -0.39 is 23.2 Å². The molecule has 1 heterocycles. The Morgan fingerprint density at radius 3 is 2.17 bits per heavy atom. The molecule has 5 nitrogen and oxygen atoms in total. The number of carbonyl (C=O) groups excluding carboxylic acids is 1. The minimum absolute atomic E-state index is 0.0183. The molecule has 0 saturated carbocycles. The molecular formula is C25H39NO4. The minimum atomic E-state index is -1.21. The highest BCUT2D eigenvalue weighted by Gasteiger charge is 2.59. The van der Waals surface area contributed by atoms with Crippen molar-refractivity contribution in [2.45, 2.75) is 97.1 Å². The molecule has 1 aliphatic heterocycles. The highest BCUT2D eigenvalue weighted by Crippen LogP contribution is 2.45. The molecule has 0 radical (unpaired) electrons. The number of amides is 1. The van der Waals surface area contributed by atoms with E-state index in [-0.39, 0.29) is 25.2 Å². The molecule has 0 aliphatic carbocycles. The molecule has 30 heavy (non-hydrogen) atoms. The first-order chi connectivity index (χ1) is 14.1. The van der Waals surface area contributed by atoms with Crippen LogP contribution in [-0.4, -0.2) is 45.2 Å². The third-order valence-electron chi connectivity index (χ3n) is 6.52. The van der Waals surface area contributed by atoms with Crippen molar-refractivity contribution in [1.82, 2.24) is 4.90 Å². The fourth-order valence-corrected chi connectivity index (χ4v) is 4.78. The lowest BCUT2D eigenvalue weighted by atomic mass is 9.68. The molecule has 2 atom stereocenters. The number of benzene rings is 1. The number of Topliss-reactive ketones (excluding diaryl/α,β-unsaturated/α-hetero) is 1. The fraction of sp³-hybridized carbons (Fsp3) is 0.680. The number of β-amino-alcohol motifs (C(OH)–C–C–N with tert-alkyl or cyclic N) is 1. The first-order valence-corrected chi connectivity index (χ1v) is 11.4. The largest absolute Gasteiger partial charge is 0.465 e. The summed E-state index contributed by atoms with van der Waals surface area (Å²) in [6.45, 7) is 7.84. The van der Waals surface area contributed by atoms with E-state index in [2.05, 4.69) is 19.1 Å². The SMILES string of the molecule is CCCCCCCCc1ccc(CC(=O)[C@@]2(C(C)(C)C)C[C@@H](O)CN2C(=O)O)cc1. The van der Waals surface area contributed by atoms with E-state index in [0.29, 0.717) is 0 Å². The lowest BCUT2D eigenvalue weighted by Gasteiger charge is -2.45. The fourth-order valence-electron chi connectivity index (χ4n) is 4.78. The Labute approximate surface area is 181 Å². The summed E-state index contributed by atoms with van der Waals surface area (Å²) in [6, 6.07) is 8.13. The predicted molar refractivity (Wildman–Crippen MR) is 120 cm³/mol. The van der Waals surface area contributed by atoms with Crippen LogP contribution in [0.2, 0.25) is 0 Å². The number of likely N-dealkylation sites (tertiary alicyclic amines) is 1. The van der Waals surface area contributed by atoms with Gasteiger partial charge >= 0.3 is 6.09 Å². The van der Waals surface area contributed by atoms with Gasteiger partial charge in [-0.05, 0) is 29.4 Å². The maximum absolute atomic E-state index is 13.4. The van der Waals surface area contributed by atoms with E-state index >= 15 is 0 Å². The van der Waals surface area contributed by atoms with Gasteiger partial charge in [-0.3, -0.25) is 9.69 Å². The third kappa shape index (κ3) is 5.63. The molecule has 2 N–H and O–H groups in total. The maximum atomic E-state index is 13.4. The van der Waals surface area contributed by atoms with E-state index in [1.54, 1.807) is 0 Å². The molecule has 1 aromatic rings. The Bertz CT molecular complexity index is 707. The summed E-state index contributed by atoms with van der Waals surface area (Å²) >= 11 is 0. The topological polar surface area (TPSA) is 77.8 Å². The number of unbranched alkanes of at least 4 members (excludes halogenated alkanes) is 5. The highest BCUT2D eigenvalue weighted by molar-refractivity contribution is 5.94. The average molecular weight is 418 g/mol. The third-order valence-corrected chi connectivity index (χ3v) is 6.52. The van der Waals surface area contributed by atoms with Crippen molar-refractivity contribution in [3.63, 3.8) is 0 Å². The van der Waals surface area contributed by atoms with Crippen molar-refractivity contribution in [2.24, 2.45) is 5.41 Å². The summed E-state index contributed by atoms with van der Waals surface area (Å²) in [5.74, 6) is -0.141. The summed E-state index contributed by atoms with van der Waals surface area (Å²) in [5, 5.41) is 19.9. The van der Waals surface area contributed by atoms with Gasteiger partial charge in [0, 0.05) is 12.8 Å². The van der Waals surface area contributed by atoms with Gasteiger partial charge in [-0.1, -0.05) is 84.1 Å². The van der Waals surface area contributed by atoms with Gasteiger partial charge in [0.25, 0.3) is 0 Å². The van der Waals surface area contributed by atoms with E-state index in [1.165, 1.54) is 44.1 Å². The molecule has 168 valence electrons. The molecule has 5 heteroatoms. The zero-order valence-corrected chi connectivity index (χ0v) is 19.1. The van der Waals surface area contributed by atoms with Crippen molar-refractivity contribution in [2.75, 3.05) is 6.54 Å². The van der Waals surface area contributed by atoms with Crippen LogP contribution < -0.4 is 0 Å². The van der Waals surface area contributed by atoms with Gasteiger partial charge < -0.3 is 10.2 Å². The number of aliphatic hydroxyl groups excluding tert-OH is 1. The van der Waals surface area contributed by atoms with Gasteiger partial charge in [-0.2, -0.15) is 0 Å². The molecule has 1 aliphatic rings. The zero-order chi connectivity index (χ0) is 22.4. The summed E-state index contributed by atoms with van der Waals surface area (Å²) in [4.78, 5) is 26.4. The number of aliphatic hydroxyl groups is 1. The molecule has 2 rings (SSSR count). The summed E-state index contributed by atoms with van der Waals surface area (Å²) in [7, 11) is 0. The normalized spacial score (nSPS) is 21.8. The van der Waals surface area contributed by atoms with Crippen molar-refractivity contribution in [1.29, 1.82) is 0 Å². The summed E-state index contributed by atoms with van der Waals surface area (Å²) < 4.78 is 0. The quantitative estimate of drug-likeness (QED) is 0.511. The van der Waals surface area contributed by atoms with Crippen LogP contribution >= 0.6 is 0 Å². The molecular weight excluding hydrogens is 378 g/mol. The van der Waals surface area contributed by atoms with E-state index in [4.69, 9.17) is 0 Å². The first kappa shape index (κ1) is 24.4. The molecule has 1 saturated heterocycles. The van der Waals surface area contributed by atoms with Crippen LogP contribution in [0.3, 0.4) is 0 Å². The van der Waals surface area contributed by atoms with Gasteiger partial charge in [0.2, 0.25) is 0 Å². The van der Waals surface area contributed by atoms with Crippen LogP contribution in [0.25, 0.3) is 0 Å². The molecule has 0 unspecified atom stereocenters. The standard InChI is InChI=1S/C25H39NO4/c1-5-6-7-8-9-10-11-19-12-14-20(15-13-19)16-22(28)25(24(2,3)4)17-21(27)18-26(25)23(29)30/h12-15,21,27H,5-11,16-18H2,1-4H3,(H,29,30)/t21-,25-/m1/s1. The number of ketones is 1. The lowest BCUT2D eigenvalue weighted by Crippen LogP contribution is -2.61. The van der Waals surface area contributed by atoms with Gasteiger partial charge in [-0.25, -0.2) is 4.79 Å². The van der Waals surface area contributed by atoms with Crippen LogP contribution in [0, 0.1) is 5.41 Å². The number of carbonyl (C=O) groups is 2. The smallest absolute Gasteiger partial charge is 0.408 e. The maximum Gasteiger partial charge on any atom is 0.408 e. The van der Waals surface area contributed by atoms with Crippen LogP contribution in [0.1, 0.15) is 83.8 Å². The monoisotopic (exact) mass is 417 g/mol. The Hall–Kier alpha value is -1.88. The van der Waals surface area contributed by atoms with Crippen LogP contribution in [0.15, 0.2) is 24.3 Å². The first-order valence-electron chi connectivity index (χ1n) is 11.4. The molecule has 0 bridgehead atoms. The van der Waals surface area contributed by atoms with Gasteiger partial charge in [-0.15, -0.1) is 0 Å². The number of aryl methyl sites for hydroxylation is 1. The van der Waals surface area contributed by atoms with Crippen molar-refractivity contribution in [3.8, 4) is 0 Å². The zero-order valence-electron chi connectivity index (χ0n) is 19.1. The van der Waals surface area contributed by atoms with Crippen LogP contribution in [0.5, 0.6) is 0 Å². The van der Waals surface area contributed by atoms with Crippen LogP contribution in [-0.2, 0) is 17.6 Å². The second-order valence-corrected chi connectivity index (χ2v) is 9.80. The van der Waals surface area contributed by atoms with Crippen molar-refractivity contribution in [3.05, 3.63) is 35.4 Å². The minimum Gasteiger partial charge on any atom is -0.465 e. The average Bonchev–Trinajstić information content (AvgIpc) is 3.05. The molecule has 1 aromatic carbocycles. The Morgan fingerprint density at radius 1 is 1.03 bits per heavy atom. The molecule has 0 spiro atoms. The number of nitrogens with zero attached hydrogens (tertiary/aromatic N) is 1. The number of hydrogen-bond acceptors (Lipinski definition) is 3. The van der Waals surface area contributed by atoms with Crippen molar-refractivity contribution >= 4 is 11.9 Å². The van der Waals surface area contributed by atoms with Gasteiger partial charge in [0.15, 0.2) is 5.78 Å². The Morgan fingerprint density at radius 2 is 1.60 bits per heavy atom. The molecule has 1 fully saturated rings. The molecule has 1 amide bonds. The Balaban J connectivity index is 2.04. The van der Waals surface area contributed by atoms with E-state index in [0.717, 1.165) is 16.9 Å². The van der Waals surface area contributed by atoms with Gasteiger partial charge in [0.05, 0.1) is 12.6 Å². The van der Waals surface area contributed by atoms with Crippen LogP contribution in [0.4, 0.5) is 4.79 Å². The highest BCUT2D eigenvalue weighted by atomic mass is 16.4.